The highest BCUT2D eigenvalue weighted by Gasteiger charge is 2.37. The highest BCUT2D eigenvalue weighted by atomic mass is 28.4. The number of rotatable bonds is 10. The van der Waals surface area contributed by atoms with Gasteiger partial charge >= 0.3 is 5.97 Å². The van der Waals surface area contributed by atoms with Crippen molar-refractivity contribution in [1.82, 2.24) is 9.13 Å². The largest absolute Gasteiger partial charge is 0.506 e. The molecule has 2 heterocycles. The summed E-state index contributed by atoms with van der Waals surface area (Å²) in [5, 5.41) is 12.3. The van der Waals surface area contributed by atoms with Crippen molar-refractivity contribution in [1.29, 1.82) is 0 Å². The Morgan fingerprint density at radius 3 is 2.30 bits per heavy atom. The van der Waals surface area contributed by atoms with Gasteiger partial charge in [0, 0.05) is 40.8 Å². The van der Waals surface area contributed by atoms with Crippen molar-refractivity contribution < 1.29 is 28.5 Å². The van der Waals surface area contributed by atoms with Crippen molar-refractivity contribution in [3.8, 4) is 28.5 Å². The minimum Gasteiger partial charge on any atom is -0.506 e. The molecule has 0 bridgehead atoms. The van der Waals surface area contributed by atoms with Gasteiger partial charge in [0.1, 0.15) is 17.2 Å². The smallest absolute Gasteiger partial charge is 0.347 e. The second-order valence-corrected chi connectivity index (χ2v) is 17.3. The van der Waals surface area contributed by atoms with Gasteiger partial charge in [-0.05, 0) is 60.4 Å². The second kappa shape index (κ2) is 12.5. The molecule has 0 saturated carbocycles. The fourth-order valence-electron chi connectivity index (χ4n) is 5.18. The van der Waals surface area contributed by atoms with E-state index in [4.69, 9.17) is 18.6 Å². The van der Waals surface area contributed by atoms with Gasteiger partial charge in [-0.3, -0.25) is 4.79 Å². The number of aromatic hydroxyl groups is 1. The lowest BCUT2D eigenvalue weighted by atomic mass is 9.98. The van der Waals surface area contributed by atoms with E-state index in [1.807, 2.05) is 38.2 Å². The number of hydrogen-bond donors (Lipinski definition) is 1. The van der Waals surface area contributed by atoms with E-state index in [0.717, 1.165) is 22.2 Å². The molecule has 4 aromatic rings. The Bertz CT molecular complexity index is 1760. The zero-order valence-electron chi connectivity index (χ0n) is 27.5. The first kappa shape index (κ1) is 32.9. The first-order valence-electron chi connectivity index (χ1n) is 14.7. The fraction of sp³-hybridized carbons (Fsp3) is 0.412. The van der Waals surface area contributed by atoms with Crippen LogP contribution < -0.4 is 15.0 Å². The number of carbonyl (C=O) groups is 1. The van der Waals surface area contributed by atoms with E-state index in [-0.39, 0.29) is 17.3 Å². The minimum atomic E-state index is -1.96. The lowest BCUT2D eigenvalue weighted by molar-refractivity contribution is 0.0594. The van der Waals surface area contributed by atoms with E-state index in [2.05, 4.69) is 44.5 Å². The number of esters is 1. The highest BCUT2D eigenvalue weighted by Crippen LogP contribution is 2.38. The number of carbonyl (C=O) groups excluding carboxylic acids is 1. The minimum absolute atomic E-state index is 0.0804. The van der Waals surface area contributed by atoms with E-state index in [0.29, 0.717) is 41.3 Å². The maximum absolute atomic E-state index is 14.0. The molecule has 236 valence electrons. The SMILES string of the molecule is CCc1c(O)c(C(=O)OC)c(=O)n(Cc2ccc(OC)cc2OC)c1-c1ccc2c(c1)cc(CO[Si](C)(C)C(C)(C)C)n2C. The monoisotopic (exact) mass is 620 g/mol. The van der Waals surface area contributed by atoms with Gasteiger partial charge < -0.3 is 32.9 Å². The van der Waals surface area contributed by atoms with Crippen molar-refractivity contribution in [2.45, 2.75) is 65.4 Å². The predicted octanol–water partition coefficient (Wildman–Crippen LogP) is 6.65. The number of aromatic nitrogens is 2. The van der Waals surface area contributed by atoms with Crippen LogP contribution in [0.15, 0.2) is 47.3 Å². The Hall–Kier alpha value is -4.02. The van der Waals surface area contributed by atoms with Gasteiger partial charge in [0.2, 0.25) is 0 Å². The van der Waals surface area contributed by atoms with Gasteiger partial charge in [0.25, 0.3) is 5.56 Å². The van der Waals surface area contributed by atoms with E-state index in [1.54, 1.807) is 26.4 Å². The Kier molecular flexibility index (Phi) is 9.36. The lowest BCUT2D eigenvalue weighted by Gasteiger charge is -2.36. The van der Waals surface area contributed by atoms with E-state index in [1.165, 1.54) is 11.7 Å². The number of aryl methyl sites for hydroxylation is 1. The van der Waals surface area contributed by atoms with Crippen LogP contribution >= 0.6 is 0 Å². The summed E-state index contributed by atoms with van der Waals surface area (Å²) in [4.78, 5) is 26.7. The highest BCUT2D eigenvalue weighted by molar-refractivity contribution is 6.74. The zero-order valence-corrected chi connectivity index (χ0v) is 28.5. The van der Waals surface area contributed by atoms with Crippen LogP contribution in [0.25, 0.3) is 22.2 Å². The molecule has 2 aromatic carbocycles. The van der Waals surface area contributed by atoms with Crippen molar-refractivity contribution in [3.63, 3.8) is 0 Å². The van der Waals surface area contributed by atoms with Crippen LogP contribution in [0, 0.1) is 0 Å². The molecule has 0 amide bonds. The average Bonchev–Trinajstić information content (AvgIpc) is 3.30. The summed E-state index contributed by atoms with van der Waals surface area (Å²) in [7, 11) is 4.36. The first-order chi connectivity index (χ1) is 20.7. The normalized spacial score (nSPS) is 12.0. The molecule has 2 aromatic heterocycles. The number of pyridine rings is 1. The van der Waals surface area contributed by atoms with Crippen LogP contribution in [0.2, 0.25) is 18.1 Å². The average molecular weight is 621 g/mol. The molecule has 0 aliphatic heterocycles. The Morgan fingerprint density at radius 1 is 1.00 bits per heavy atom. The van der Waals surface area contributed by atoms with Crippen molar-refractivity contribution in [3.05, 3.63) is 75.2 Å². The van der Waals surface area contributed by atoms with Gasteiger partial charge in [0.05, 0.1) is 40.2 Å². The topological polar surface area (TPSA) is 101 Å². The molecule has 0 aliphatic carbocycles. The number of benzene rings is 2. The maximum Gasteiger partial charge on any atom is 0.347 e. The summed E-state index contributed by atoms with van der Waals surface area (Å²) in [5.74, 6) is -0.128. The van der Waals surface area contributed by atoms with Crippen molar-refractivity contribution >= 4 is 25.2 Å². The molecule has 0 spiro atoms. The Labute approximate surface area is 260 Å². The van der Waals surface area contributed by atoms with Gasteiger partial charge in [-0.1, -0.05) is 33.8 Å². The van der Waals surface area contributed by atoms with Crippen LogP contribution in [0.4, 0.5) is 0 Å². The first-order valence-corrected chi connectivity index (χ1v) is 17.6. The lowest BCUT2D eigenvalue weighted by Crippen LogP contribution is -2.40. The van der Waals surface area contributed by atoms with E-state index < -0.39 is 25.4 Å². The third-order valence-electron chi connectivity index (χ3n) is 8.91. The molecule has 1 N–H and O–H groups in total. The summed E-state index contributed by atoms with van der Waals surface area (Å²) in [6, 6.07) is 13.4. The summed E-state index contributed by atoms with van der Waals surface area (Å²) < 4.78 is 26.0. The Balaban J connectivity index is 1.92. The molecule has 0 fully saturated rings. The fourth-order valence-corrected chi connectivity index (χ4v) is 6.12. The Morgan fingerprint density at radius 2 is 1.70 bits per heavy atom. The number of methoxy groups -OCH3 is 3. The van der Waals surface area contributed by atoms with E-state index >= 15 is 0 Å². The number of nitrogens with zero attached hydrogens (tertiary/aromatic N) is 2. The molecule has 9 nitrogen and oxygen atoms in total. The summed E-state index contributed by atoms with van der Waals surface area (Å²) in [5.41, 5.74) is 3.42. The third kappa shape index (κ3) is 6.01. The molecular weight excluding hydrogens is 576 g/mol. The predicted molar refractivity (Wildman–Crippen MR) is 176 cm³/mol. The quantitative estimate of drug-likeness (QED) is 0.157. The van der Waals surface area contributed by atoms with Gasteiger partial charge in [-0.25, -0.2) is 4.79 Å². The third-order valence-corrected chi connectivity index (χ3v) is 13.4. The molecule has 44 heavy (non-hydrogen) atoms. The molecule has 0 atom stereocenters. The summed E-state index contributed by atoms with van der Waals surface area (Å²) in [6.07, 6.45) is 0.365. The molecule has 10 heteroatoms. The van der Waals surface area contributed by atoms with Gasteiger partial charge in [-0.15, -0.1) is 0 Å². The number of ether oxygens (including phenoxy) is 3. The van der Waals surface area contributed by atoms with Crippen LogP contribution in [0.1, 0.15) is 54.9 Å². The number of fused-ring (bicyclic) bond motifs is 1. The summed E-state index contributed by atoms with van der Waals surface area (Å²) >= 11 is 0. The van der Waals surface area contributed by atoms with Crippen molar-refractivity contribution in [2.75, 3.05) is 21.3 Å². The van der Waals surface area contributed by atoms with Gasteiger partial charge in [0.15, 0.2) is 13.9 Å². The molecule has 0 aliphatic rings. The summed E-state index contributed by atoms with van der Waals surface area (Å²) in [6.45, 7) is 13.6. The molecule has 0 radical (unpaired) electrons. The van der Waals surface area contributed by atoms with Crippen LogP contribution in [-0.4, -0.2) is 49.9 Å². The molecular formula is C34H44N2O7Si. The van der Waals surface area contributed by atoms with Crippen LogP contribution in [-0.2, 0) is 35.8 Å². The molecule has 4 rings (SSSR count). The second-order valence-electron chi connectivity index (χ2n) is 12.5. The van der Waals surface area contributed by atoms with E-state index in [9.17, 15) is 14.7 Å². The standard InChI is InChI=1S/C34H44N2O7Si/c1-11-26-30(21-13-15-27-23(16-21)17-24(35(27)5)20-43-44(9,10)34(2,3)4)36(32(38)29(31(26)37)33(39)42-8)19-22-12-14-25(40-6)18-28(22)41-7/h12-18,37H,11,19-20H2,1-10H3. The van der Waals surface area contributed by atoms with Crippen LogP contribution in [0.3, 0.4) is 0 Å². The molecule has 0 saturated heterocycles. The number of hydrogen-bond acceptors (Lipinski definition) is 7. The van der Waals surface area contributed by atoms with Crippen LogP contribution in [0.5, 0.6) is 17.2 Å². The zero-order chi connectivity index (χ0) is 32.6. The van der Waals surface area contributed by atoms with Crippen molar-refractivity contribution in [2.24, 2.45) is 7.05 Å². The van der Waals surface area contributed by atoms with Gasteiger partial charge in [-0.2, -0.15) is 0 Å². The molecule has 0 unspecified atom stereocenters. The maximum atomic E-state index is 14.0.